The molecule has 0 aromatic carbocycles. The van der Waals surface area contributed by atoms with Crippen molar-refractivity contribution < 1.29 is 0 Å². The first-order chi connectivity index (χ1) is 9.55. The van der Waals surface area contributed by atoms with Crippen LogP contribution in [0.15, 0.2) is 10.9 Å². The number of fused-ring (bicyclic) bond motifs is 1. The molecule has 0 saturated heterocycles. The van der Waals surface area contributed by atoms with Crippen LogP contribution in [0.3, 0.4) is 0 Å². The van der Waals surface area contributed by atoms with Crippen LogP contribution in [0.25, 0.3) is 5.65 Å². The molecule has 0 atom stereocenters. The molecule has 0 aliphatic carbocycles. The third kappa shape index (κ3) is 2.53. The van der Waals surface area contributed by atoms with Crippen LogP contribution in [-0.2, 0) is 0 Å². The highest BCUT2D eigenvalue weighted by Gasteiger charge is 2.24. The van der Waals surface area contributed by atoms with Gasteiger partial charge in [0.15, 0.2) is 5.65 Å². The smallest absolute Gasteiger partial charge is 0.349 e. The molecular weight excluding hydrogens is 256 g/mol. The maximum Gasteiger partial charge on any atom is 0.349 e. The molecule has 7 nitrogen and oxygen atoms in total. The van der Waals surface area contributed by atoms with Crippen molar-refractivity contribution in [1.29, 1.82) is 0 Å². The van der Waals surface area contributed by atoms with Gasteiger partial charge in [0.25, 0.3) is 0 Å². The molecule has 2 rings (SSSR count). The fourth-order valence-corrected chi connectivity index (χ4v) is 2.33. The Labute approximate surface area is 117 Å². The van der Waals surface area contributed by atoms with Gasteiger partial charge >= 0.3 is 5.69 Å². The summed E-state index contributed by atoms with van der Waals surface area (Å²) in [5.41, 5.74) is 6.27. The Kier molecular flexibility index (Phi) is 4.08. The highest BCUT2D eigenvalue weighted by atomic mass is 16.1. The van der Waals surface area contributed by atoms with E-state index in [1.807, 2.05) is 0 Å². The van der Waals surface area contributed by atoms with E-state index in [1.54, 1.807) is 13.0 Å². The van der Waals surface area contributed by atoms with Gasteiger partial charge in [-0.3, -0.25) is 0 Å². The van der Waals surface area contributed by atoms with E-state index in [0.29, 0.717) is 23.8 Å². The number of aromatic amines is 1. The summed E-state index contributed by atoms with van der Waals surface area (Å²) in [4.78, 5) is 15.9. The summed E-state index contributed by atoms with van der Waals surface area (Å²) < 4.78 is 1.45. The van der Waals surface area contributed by atoms with Crippen LogP contribution in [0.2, 0.25) is 0 Å². The molecule has 2 aromatic rings. The first kappa shape index (κ1) is 14.5. The third-order valence-corrected chi connectivity index (χ3v) is 4.15. The molecule has 0 spiro atoms. The summed E-state index contributed by atoms with van der Waals surface area (Å²) in [6.07, 6.45) is 2.02. The van der Waals surface area contributed by atoms with Gasteiger partial charge in [0, 0.05) is 12.6 Å². The van der Waals surface area contributed by atoms with Crippen LogP contribution < -0.4 is 16.7 Å². The highest BCUT2D eigenvalue weighted by Crippen LogP contribution is 2.25. The average molecular weight is 278 g/mol. The Bertz CT molecular complexity index is 632. The Morgan fingerprint density at radius 1 is 1.45 bits per heavy atom. The lowest BCUT2D eigenvalue weighted by Crippen LogP contribution is -2.36. The van der Waals surface area contributed by atoms with Gasteiger partial charge in [0.1, 0.15) is 11.6 Å². The van der Waals surface area contributed by atoms with Gasteiger partial charge in [-0.25, -0.2) is 19.3 Å². The largest absolute Gasteiger partial charge is 0.369 e. The molecule has 4 N–H and O–H groups in total. The molecule has 0 fully saturated rings. The van der Waals surface area contributed by atoms with Gasteiger partial charge in [0.05, 0.1) is 0 Å². The van der Waals surface area contributed by atoms with Gasteiger partial charge in [-0.2, -0.15) is 5.10 Å². The van der Waals surface area contributed by atoms with E-state index in [-0.39, 0.29) is 11.1 Å². The Morgan fingerprint density at radius 3 is 2.75 bits per heavy atom. The van der Waals surface area contributed by atoms with E-state index in [1.165, 1.54) is 4.40 Å². The number of aromatic nitrogens is 4. The molecule has 0 aliphatic rings. The molecule has 0 bridgehead atoms. The Balaban J connectivity index is 2.24. The second kappa shape index (κ2) is 5.62. The lowest BCUT2D eigenvalue weighted by Gasteiger charge is -2.30. The first-order valence-corrected chi connectivity index (χ1v) is 6.94. The van der Waals surface area contributed by atoms with Gasteiger partial charge in [-0.1, -0.05) is 13.8 Å². The molecule has 110 valence electrons. The molecule has 7 heteroatoms. The summed E-state index contributed by atoms with van der Waals surface area (Å²) in [5, 5.41) is 9.71. The molecule has 0 unspecified atom stereocenters. The van der Waals surface area contributed by atoms with Crippen molar-refractivity contribution in [2.45, 2.75) is 33.6 Å². The zero-order valence-electron chi connectivity index (χ0n) is 12.2. The molecule has 20 heavy (non-hydrogen) atoms. The fraction of sp³-hybridized carbons (Fsp3) is 0.615. The number of nitrogens with zero attached hydrogens (tertiary/aromatic N) is 3. The van der Waals surface area contributed by atoms with E-state index in [2.05, 4.69) is 34.3 Å². The van der Waals surface area contributed by atoms with Crippen molar-refractivity contribution >= 4 is 11.5 Å². The normalized spacial score (nSPS) is 12.0. The summed E-state index contributed by atoms with van der Waals surface area (Å²) in [6, 6.07) is 1.76. The van der Waals surface area contributed by atoms with E-state index >= 15 is 0 Å². The average Bonchev–Trinajstić information content (AvgIpc) is 2.83. The van der Waals surface area contributed by atoms with Crippen LogP contribution in [0.4, 0.5) is 5.82 Å². The summed E-state index contributed by atoms with van der Waals surface area (Å²) in [6.45, 7) is 7.47. The number of rotatable bonds is 6. The second-order valence-electron chi connectivity index (χ2n) is 5.18. The highest BCUT2D eigenvalue weighted by molar-refractivity contribution is 5.49. The summed E-state index contributed by atoms with van der Waals surface area (Å²) in [7, 11) is 0. The number of hydrogen-bond acceptors (Lipinski definition) is 5. The van der Waals surface area contributed by atoms with Gasteiger partial charge in [-0.05, 0) is 31.7 Å². The minimum atomic E-state index is -0.269. The van der Waals surface area contributed by atoms with Gasteiger partial charge in [0.2, 0.25) is 0 Å². The van der Waals surface area contributed by atoms with Crippen molar-refractivity contribution in [2.24, 2.45) is 11.1 Å². The Morgan fingerprint density at radius 2 is 2.15 bits per heavy atom. The molecule has 0 aliphatic heterocycles. The lowest BCUT2D eigenvalue weighted by molar-refractivity contribution is 0.294. The number of anilines is 1. The molecule has 2 heterocycles. The fourth-order valence-electron chi connectivity index (χ4n) is 2.33. The zero-order chi connectivity index (χ0) is 14.8. The SMILES string of the molecule is CCC(CC)(CN)CNc1cc2n[nH]c(=O)n2c(C)n1. The number of hydrogen-bond donors (Lipinski definition) is 3. The monoisotopic (exact) mass is 278 g/mol. The summed E-state index contributed by atoms with van der Waals surface area (Å²) >= 11 is 0. The Hall–Kier alpha value is -1.89. The predicted molar refractivity (Wildman–Crippen MR) is 78.9 cm³/mol. The quantitative estimate of drug-likeness (QED) is 0.729. The first-order valence-electron chi connectivity index (χ1n) is 6.94. The maximum atomic E-state index is 11.5. The van der Waals surface area contributed by atoms with E-state index in [4.69, 9.17) is 5.73 Å². The van der Waals surface area contributed by atoms with E-state index in [9.17, 15) is 4.79 Å². The van der Waals surface area contributed by atoms with Crippen molar-refractivity contribution in [2.75, 3.05) is 18.4 Å². The van der Waals surface area contributed by atoms with Crippen LogP contribution in [-0.4, -0.2) is 32.7 Å². The van der Waals surface area contributed by atoms with E-state index < -0.39 is 0 Å². The standard InChI is InChI=1S/C13H22N6O/c1-4-13(5-2,7-14)8-15-10-6-11-17-18-12(20)19(11)9(3)16-10/h6,15H,4-5,7-8,14H2,1-3H3,(H,18,20). The van der Waals surface area contributed by atoms with Crippen LogP contribution >= 0.6 is 0 Å². The van der Waals surface area contributed by atoms with Gasteiger partial charge < -0.3 is 11.1 Å². The number of aryl methyl sites for hydroxylation is 1. The maximum absolute atomic E-state index is 11.5. The zero-order valence-corrected chi connectivity index (χ0v) is 12.2. The van der Waals surface area contributed by atoms with Gasteiger partial charge in [-0.15, -0.1) is 0 Å². The third-order valence-electron chi connectivity index (χ3n) is 4.15. The molecule has 0 radical (unpaired) electrons. The van der Waals surface area contributed by atoms with Crippen LogP contribution in [0.5, 0.6) is 0 Å². The van der Waals surface area contributed by atoms with Crippen molar-refractivity contribution in [3.8, 4) is 0 Å². The summed E-state index contributed by atoms with van der Waals surface area (Å²) in [5.74, 6) is 1.32. The van der Waals surface area contributed by atoms with Crippen molar-refractivity contribution in [1.82, 2.24) is 19.6 Å². The molecule has 2 aromatic heterocycles. The minimum Gasteiger partial charge on any atom is -0.369 e. The van der Waals surface area contributed by atoms with Crippen molar-refractivity contribution in [3.63, 3.8) is 0 Å². The number of nitrogens with one attached hydrogen (secondary N) is 2. The van der Waals surface area contributed by atoms with Crippen LogP contribution in [0, 0.1) is 12.3 Å². The number of H-pyrrole nitrogens is 1. The second-order valence-corrected chi connectivity index (χ2v) is 5.18. The topological polar surface area (TPSA) is 101 Å². The minimum absolute atomic E-state index is 0.0763. The lowest BCUT2D eigenvalue weighted by atomic mass is 9.82. The number of nitrogens with two attached hydrogens (primary N) is 1. The van der Waals surface area contributed by atoms with Crippen molar-refractivity contribution in [3.05, 3.63) is 22.4 Å². The van der Waals surface area contributed by atoms with E-state index in [0.717, 1.165) is 19.4 Å². The molecular formula is C13H22N6O. The van der Waals surface area contributed by atoms with Crippen LogP contribution in [0.1, 0.15) is 32.5 Å². The molecule has 0 amide bonds. The predicted octanol–water partition coefficient (Wildman–Crippen LogP) is 0.903. The molecule has 0 saturated carbocycles.